The number of ether oxygens (including phenoxy) is 2. The predicted octanol–water partition coefficient (Wildman–Crippen LogP) is 4.51. The van der Waals surface area contributed by atoms with E-state index < -0.39 is 36.4 Å². The number of nitrogens with zero attached hydrogens (tertiary/aromatic N) is 2. The van der Waals surface area contributed by atoms with Crippen LogP contribution in [0.5, 0.6) is 0 Å². The van der Waals surface area contributed by atoms with E-state index in [1.807, 2.05) is 30.3 Å². The molecule has 0 aromatic heterocycles. The van der Waals surface area contributed by atoms with Crippen LogP contribution < -0.4 is 15.1 Å². The third kappa shape index (κ3) is 7.88. The number of rotatable bonds is 7. The Morgan fingerprint density at radius 3 is 2.29 bits per heavy atom. The molecule has 10 heteroatoms. The van der Waals surface area contributed by atoms with Gasteiger partial charge in [-0.2, -0.15) is 13.2 Å². The van der Waals surface area contributed by atoms with Crippen LogP contribution in [0.1, 0.15) is 26.3 Å². The third-order valence-corrected chi connectivity index (χ3v) is 5.13. The Morgan fingerprint density at radius 1 is 1.03 bits per heavy atom. The monoisotopic (exact) mass is 493 g/mol. The fourth-order valence-corrected chi connectivity index (χ4v) is 3.71. The van der Waals surface area contributed by atoms with Gasteiger partial charge in [-0.25, -0.2) is 4.79 Å². The van der Waals surface area contributed by atoms with E-state index >= 15 is 0 Å². The standard InChI is InChI=1S/C25H30F3N3O4/c1-24(2,3)35-23(33)29-19-15-30(13-14-34-16-18-9-5-4-6-10-18)20-11-7-8-12-21(20)31(22(19)32)17-25(26,27)28/h4-12,19H,13-17H2,1-3H3,(H,29,33). The van der Waals surface area contributed by atoms with E-state index in [2.05, 4.69) is 5.32 Å². The highest BCUT2D eigenvalue weighted by molar-refractivity contribution is 6.03. The Balaban J connectivity index is 1.83. The summed E-state index contributed by atoms with van der Waals surface area (Å²) in [5, 5.41) is 2.46. The third-order valence-electron chi connectivity index (χ3n) is 5.13. The summed E-state index contributed by atoms with van der Waals surface area (Å²) in [7, 11) is 0. The van der Waals surface area contributed by atoms with Crippen molar-refractivity contribution in [2.45, 2.75) is 45.2 Å². The molecule has 1 N–H and O–H groups in total. The number of benzene rings is 2. The molecule has 3 rings (SSSR count). The molecular formula is C25H30F3N3O4. The van der Waals surface area contributed by atoms with E-state index in [-0.39, 0.29) is 18.8 Å². The lowest BCUT2D eigenvalue weighted by Gasteiger charge is -2.27. The quantitative estimate of drug-likeness (QED) is 0.575. The molecule has 2 aromatic rings. The van der Waals surface area contributed by atoms with E-state index in [9.17, 15) is 22.8 Å². The van der Waals surface area contributed by atoms with Crippen LogP contribution in [0.15, 0.2) is 54.6 Å². The van der Waals surface area contributed by atoms with Crippen LogP contribution in [0.3, 0.4) is 0 Å². The van der Waals surface area contributed by atoms with Crippen molar-refractivity contribution in [1.82, 2.24) is 5.32 Å². The summed E-state index contributed by atoms with van der Waals surface area (Å²) >= 11 is 0. The number of para-hydroxylation sites is 2. The average Bonchev–Trinajstić information content (AvgIpc) is 2.86. The van der Waals surface area contributed by atoms with Gasteiger partial charge in [0.15, 0.2) is 0 Å². The van der Waals surface area contributed by atoms with Crippen molar-refractivity contribution in [1.29, 1.82) is 0 Å². The molecule has 1 aliphatic heterocycles. The highest BCUT2D eigenvalue weighted by atomic mass is 19.4. The van der Waals surface area contributed by atoms with Crippen LogP contribution in [0, 0.1) is 0 Å². The fraction of sp³-hybridized carbons (Fsp3) is 0.440. The van der Waals surface area contributed by atoms with Crippen molar-refractivity contribution in [2.24, 2.45) is 0 Å². The van der Waals surface area contributed by atoms with Gasteiger partial charge in [0, 0.05) is 13.1 Å². The minimum absolute atomic E-state index is 0.0435. The highest BCUT2D eigenvalue weighted by Gasteiger charge is 2.41. The van der Waals surface area contributed by atoms with E-state index in [4.69, 9.17) is 9.47 Å². The van der Waals surface area contributed by atoms with Crippen molar-refractivity contribution < 1.29 is 32.2 Å². The molecule has 35 heavy (non-hydrogen) atoms. The van der Waals surface area contributed by atoms with Crippen molar-refractivity contribution in [3.63, 3.8) is 0 Å². The van der Waals surface area contributed by atoms with Gasteiger partial charge in [-0.1, -0.05) is 42.5 Å². The maximum absolute atomic E-state index is 13.4. The number of hydrogen-bond donors (Lipinski definition) is 1. The summed E-state index contributed by atoms with van der Waals surface area (Å²) in [6, 6.07) is 14.7. The Morgan fingerprint density at radius 2 is 1.66 bits per heavy atom. The van der Waals surface area contributed by atoms with Crippen LogP contribution in [-0.4, -0.2) is 56.1 Å². The zero-order chi connectivity index (χ0) is 25.6. The van der Waals surface area contributed by atoms with Crippen molar-refractivity contribution in [3.05, 3.63) is 60.2 Å². The van der Waals surface area contributed by atoms with E-state index in [1.165, 1.54) is 6.07 Å². The number of carbonyl (C=O) groups excluding carboxylic acids is 2. The summed E-state index contributed by atoms with van der Waals surface area (Å²) in [5.41, 5.74) is 0.713. The minimum atomic E-state index is -4.63. The average molecular weight is 494 g/mol. The topological polar surface area (TPSA) is 71.1 Å². The van der Waals surface area contributed by atoms with Gasteiger partial charge < -0.3 is 19.7 Å². The van der Waals surface area contributed by atoms with Crippen molar-refractivity contribution in [2.75, 3.05) is 36.0 Å². The Hall–Kier alpha value is -3.27. The van der Waals surface area contributed by atoms with Crippen molar-refractivity contribution in [3.8, 4) is 0 Å². The van der Waals surface area contributed by atoms with Gasteiger partial charge in [-0.3, -0.25) is 9.69 Å². The first kappa shape index (κ1) is 26.3. The number of hydrogen-bond acceptors (Lipinski definition) is 5. The second kappa shape index (κ2) is 11.0. The van der Waals surface area contributed by atoms with Gasteiger partial charge in [0.2, 0.25) is 0 Å². The van der Waals surface area contributed by atoms with E-state index in [1.54, 1.807) is 43.9 Å². The molecule has 0 saturated heterocycles. The van der Waals surface area contributed by atoms with Gasteiger partial charge in [-0.15, -0.1) is 0 Å². The molecule has 0 bridgehead atoms. The highest BCUT2D eigenvalue weighted by Crippen LogP contribution is 2.34. The van der Waals surface area contributed by atoms with Gasteiger partial charge in [0.1, 0.15) is 18.2 Å². The number of fused-ring (bicyclic) bond motifs is 1. The molecular weight excluding hydrogens is 463 g/mol. The number of carbonyl (C=O) groups is 2. The van der Waals surface area contributed by atoms with Crippen LogP contribution in [0.2, 0.25) is 0 Å². The first-order valence-electron chi connectivity index (χ1n) is 11.3. The maximum atomic E-state index is 13.4. The molecule has 190 valence electrons. The van der Waals surface area contributed by atoms with Crippen molar-refractivity contribution >= 4 is 23.4 Å². The first-order valence-corrected chi connectivity index (χ1v) is 11.3. The number of amides is 2. The zero-order valence-corrected chi connectivity index (χ0v) is 20.0. The molecule has 1 atom stereocenters. The lowest BCUT2D eigenvalue weighted by Crippen LogP contribution is -2.54. The molecule has 1 aliphatic rings. The summed E-state index contributed by atoms with van der Waals surface area (Å²) in [6.45, 7) is 4.37. The molecule has 2 aromatic carbocycles. The number of nitrogens with one attached hydrogen (secondary N) is 1. The lowest BCUT2D eigenvalue weighted by molar-refractivity contribution is -0.133. The normalized spacial score (nSPS) is 16.5. The number of halogens is 3. The summed E-state index contributed by atoms with van der Waals surface area (Å²) in [6.07, 6.45) is -5.51. The molecule has 0 aliphatic carbocycles. The molecule has 0 spiro atoms. The summed E-state index contributed by atoms with van der Waals surface area (Å²) in [5.74, 6) is -0.867. The lowest BCUT2D eigenvalue weighted by atomic mass is 10.2. The fourth-order valence-electron chi connectivity index (χ4n) is 3.71. The molecule has 7 nitrogen and oxygen atoms in total. The summed E-state index contributed by atoms with van der Waals surface area (Å²) in [4.78, 5) is 28.1. The van der Waals surface area contributed by atoms with Gasteiger partial charge in [-0.05, 0) is 38.5 Å². The number of alkyl carbamates (subject to hydrolysis) is 1. The van der Waals surface area contributed by atoms with E-state index in [0.29, 0.717) is 23.7 Å². The van der Waals surface area contributed by atoms with Crippen LogP contribution >= 0.6 is 0 Å². The van der Waals surface area contributed by atoms with Crippen LogP contribution in [0.4, 0.5) is 29.3 Å². The van der Waals surface area contributed by atoms with Gasteiger partial charge in [0.25, 0.3) is 5.91 Å². The largest absolute Gasteiger partial charge is 0.444 e. The van der Waals surface area contributed by atoms with Crippen LogP contribution in [-0.2, 0) is 20.9 Å². The second-order valence-electron chi connectivity index (χ2n) is 9.21. The molecule has 2 amide bonds. The molecule has 1 unspecified atom stereocenters. The SMILES string of the molecule is CC(C)(C)OC(=O)NC1CN(CCOCc2ccccc2)c2ccccc2N(CC(F)(F)F)C1=O. The Kier molecular flexibility index (Phi) is 8.26. The number of anilines is 2. The number of alkyl halides is 3. The molecule has 0 radical (unpaired) electrons. The van der Waals surface area contributed by atoms with Gasteiger partial charge >= 0.3 is 12.3 Å². The second-order valence-corrected chi connectivity index (χ2v) is 9.21. The Bertz CT molecular complexity index is 1010. The van der Waals surface area contributed by atoms with Gasteiger partial charge in [0.05, 0.1) is 24.6 Å². The predicted molar refractivity (Wildman–Crippen MR) is 126 cm³/mol. The molecule has 1 heterocycles. The Labute approximate surface area is 202 Å². The van der Waals surface area contributed by atoms with E-state index in [0.717, 1.165) is 5.56 Å². The smallest absolute Gasteiger partial charge is 0.408 e. The molecule has 0 saturated carbocycles. The zero-order valence-electron chi connectivity index (χ0n) is 20.0. The summed E-state index contributed by atoms with van der Waals surface area (Å²) < 4.78 is 51.3. The minimum Gasteiger partial charge on any atom is -0.444 e. The van der Waals surface area contributed by atoms with Crippen LogP contribution in [0.25, 0.3) is 0 Å². The molecule has 0 fully saturated rings. The maximum Gasteiger partial charge on any atom is 0.408 e. The first-order chi connectivity index (χ1) is 16.4.